The van der Waals surface area contributed by atoms with Crippen molar-refractivity contribution >= 4 is 43.1 Å². The van der Waals surface area contributed by atoms with Crippen molar-refractivity contribution in [3.05, 3.63) is 253 Å². The molecule has 0 N–H and O–H groups in total. The van der Waals surface area contributed by atoms with Crippen LogP contribution in [0.15, 0.2) is 237 Å². The summed E-state index contributed by atoms with van der Waals surface area (Å²) >= 11 is 0. The molecule has 0 nitrogen and oxygen atoms in total. The molecule has 0 atom stereocenters. The van der Waals surface area contributed by atoms with E-state index in [9.17, 15) is 0 Å². The van der Waals surface area contributed by atoms with E-state index in [1.165, 1.54) is 171 Å². The van der Waals surface area contributed by atoms with Crippen LogP contribution in [0.2, 0.25) is 0 Å². The molecule has 13 aromatic rings. The molecule has 0 radical (unpaired) electrons. The minimum absolute atomic E-state index is 1.20. The van der Waals surface area contributed by atoms with Gasteiger partial charge in [0.2, 0.25) is 0 Å². The Kier molecular flexibility index (Phi) is 9.11. The van der Waals surface area contributed by atoms with Gasteiger partial charge in [-0.3, -0.25) is 0 Å². The number of rotatable bonds is 6. The first kappa shape index (κ1) is 41.7. The topological polar surface area (TPSA) is 0 Å². The molecule has 0 aromatic heterocycles. The first-order chi connectivity index (χ1) is 36.0. The second kappa shape index (κ2) is 16.0. The normalized spacial score (nSPS) is 12.0. The number of hydrogen-bond donors (Lipinski definition) is 0. The van der Waals surface area contributed by atoms with Gasteiger partial charge < -0.3 is 0 Å². The summed E-state index contributed by atoms with van der Waals surface area (Å²) in [5.41, 5.74) is 29.6. The number of aryl methyl sites for hydroxylation is 3. The summed E-state index contributed by atoms with van der Waals surface area (Å²) in [6.45, 7) is 6.80. The Morgan fingerprint density at radius 2 is 0.425 bits per heavy atom. The molecule has 0 bridgehead atoms. The van der Waals surface area contributed by atoms with E-state index in [1.54, 1.807) is 0 Å². The van der Waals surface area contributed by atoms with Crippen molar-refractivity contribution in [3.63, 3.8) is 0 Å². The Morgan fingerprint density at radius 3 is 0.795 bits per heavy atom. The van der Waals surface area contributed by atoms with Crippen molar-refractivity contribution in [2.75, 3.05) is 0 Å². The Bertz CT molecular complexity index is 4440. The van der Waals surface area contributed by atoms with Gasteiger partial charge in [0, 0.05) is 0 Å². The fourth-order valence-corrected chi connectivity index (χ4v) is 13.3. The summed E-state index contributed by atoms with van der Waals surface area (Å²) in [5.74, 6) is 0. The molecule has 13 aromatic carbocycles. The zero-order chi connectivity index (χ0) is 48.5. The van der Waals surface area contributed by atoms with Gasteiger partial charge in [0.05, 0.1) is 0 Å². The Hall–Kier alpha value is -9.10. The molecule has 73 heavy (non-hydrogen) atoms. The van der Waals surface area contributed by atoms with Gasteiger partial charge in [0.1, 0.15) is 0 Å². The molecule has 340 valence electrons. The zero-order valence-corrected chi connectivity index (χ0v) is 41.0. The SMILES string of the molecule is Cc1ccc2c3c(ccc(C)c13)-c1c-2c(-c2ccccc2)c2ccccc2c1-c1ccc(-c2ccc(-c3c4c(c(-c5ccccc5)c5ccccc35)-c3ccc(-c5ccccc5)c5c(C)ccc-4c35)cc2)cc1. The third-order valence-electron chi connectivity index (χ3n) is 16.3. The minimum atomic E-state index is 1.20. The van der Waals surface area contributed by atoms with Gasteiger partial charge in [-0.05, 0) is 192 Å². The maximum absolute atomic E-state index is 2.40. The molecule has 0 aliphatic heterocycles. The lowest BCUT2D eigenvalue weighted by atomic mass is 9.82. The lowest BCUT2D eigenvalue weighted by Crippen LogP contribution is -1.94. The summed E-state index contributed by atoms with van der Waals surface area (Å²) < 4.78 is 0. The predicted octanol–water partition coefficient (Wildman–Crippen LogP) is 20.5. The van der Waals surface area contributed by atoms with Crippen LogP contribution in [0.3, 0.4) is 0 Å². The van der Waals surface area contributed by atoms with Gasteiger partial charge in [-0.25, -0.2) is 0 Å². The largest absolute Gasteiger partial charge is 0.0622 e. The third kappa shape index (κ3) is 6.02. The highest BCUT2D eigenvalue weighted by atomic mass is 14.4. The summed E-state index contributed by atoms with van der Waals surface area (Å²) in [6, 6.07) is 88.8. The fraction of sp³-hybridized carbons (Fsp3) is 0.0411. The zero-order valence-electron chi connectivity index (χ0n) is 41.0. The third-order valence-corrected chi connectivity index (χ3v) is 16.3. The highest BCUT2D eigenvalue weighted by Gasteiger charge is 2.33. The number of fused-ring (bicyclic) bond motifs is 8. The maximum Gasteiger partial charge on any atom is -0.000741 e. The van der Waals surface area contributed by atoms with E-state index < -0.39 is 0 Å². The van der Waals surface area contributed by atoms with E-state index in [1.807, 2.05) is 0 Å². The summed E-state index contributed by atoms with van der Waals surface area (Å²) in [7, 11) is 0. The summed E-state index contributed by atoms with van der Waals surface area (Å²) in [5, 5.41) is 10.5. The van der Waals surface area contributed by atoms with Gasteiger partial charge in [-0.1, -0.05) is 237 Å². The molecule has 0 heterocycles. The molecule has 15 rings (SSSR count). The Labute approximate surface area is 426 Å². The van der Waals surface area contributed by atoms with Crippen molar-refractivity contribution in [2.24, 2.45) is 0 Å². The van der Waals surface area contributed by atoms with Crippen LogP contribution in [0.4, 0.5) is 0 Å². The van der Waals surface area contributed by atoms with Crippen molar-refractivity contribution in [1.82, 2.24) is 0 Å². The highest BCUT2D eigenvalue weighted by Crippen LogP contribution is 2.61. The first-order valence-electron chi connectivity index (χ1n) is 25.7. The number of benzene rings is 13. The van der Waals surface area contributed by atoms with E-state index in [0.717, 1.165) is 0 Å². The van der Waals surface area contributed by atoms with E-state index >= 15 is 0 Å². The van der Waals surface area contributed by atoms with E-state index in [4.69, 9.17) is 0 Å². The van der Waals surface area contributed by atoms with Crippen molar-refractivity contribution < 1.29 is 0 Å². The molecule has 2 aliphatic carbocycles. The smallest absolute Gasteiger partial charge is 0.000741 e. The van der Waals surface area contributed by atoms with Crippen LogP contribution < -0.4 is 0 Å². The molecule has 0 unspecified atom stereocenters. The molecule has 0 fully saturated rings. The van der Waals surface area contributed by atoms with Crippen LogP contribution in [0.5, 0.6) is 0 Å². The van der Waals surface area contributed by atoms with E-state index in [-0.39, 0.29) is 0 Å². The Morgan fingerprint density at radius 1 is 0.164 bits per heavy atom. The van der Waals surface area contributed by atoms with E-state index in [2.05, 4.69) is 257 Å². The van der Waals surface area contributed by atoms with Gasteiger partial charge in [-0.2, -0.15) is 0 Å². The van der Waals surface area contributed by atoms with Gasteiger partial charge in [0.15, 0.2) is 0 Å². The predicted molar refractivity (Wildman–Crippen MR) is 312 cm³/mol. The second-order valence-corrected chi connectivity index (χ2v) is 20.3. The highest BCUT2D eigenvalue weighted by molar-refractivity contribution is 6.30. The van der Waals surface area contributed by atoms with Crippen LogP contribution in [0.25, 0.3) is 154 Å². The molecular weight excluding hydrogens is 877 g/mol. The second-order valence-electron chi connectivity index (χ2n) is 20.3. The average molecular weight is 925 g/mol. The van der Waals surface area contributed by atoms with Gasteiger partial charge in [-0.15, -0.1) is 0 Å². The van der Waals surface area contributed by atoms with E-state index in [0.29, 0.717) is 0 Å². The maximum atomic E-state index is 2.40. The average Bonchev–Trinajstić information content (AvgIpc) is 3.96. The molecule has 0 spiro atoms. The van der Waals surface area contributed by atoms with Crippen LogP contribution in [0.1, 0.15) is 16.7 Å². The molecule has 0 saturated carbocycles. The van der Waals surface area contributed by atoms with Crippen molar-refractivity contribution in [2.45, 2.75) is 20.8 Å². The molecule has 2 aliphatic rings. The Balaban J connectivity index is 0.899. The molecule has 0 heteroatoms. The van der Waals surface area contributed by atoms with Crippen LogP contribution in [-0.2, 0) is 0 Å². The lowest BCUT2D eigenvalue weighted by Gasteiger charge is -2.21. The standard InChI is InChI=1S/C73H48/c1-43-27-38-58-68-59(39-28-44(2)62(43)68)71-66(56-25-15-13-23-54(56)64(70(58)71)49-19-9-5-10-20-49)51-34-30-46(31-35-51)47-32-36-52(37-33-47)67-57-26-16-14-24-55(57)65(50-21-11-6-12-22-50)73-61-42-41-53(48-17-7-4-8-18-48)63-45(3)29-40-60(69(61)63)72(67)73/h4-42H,1-3H3. The quantitative estimate of drug-likeness (QED) is 0.156. The minimum Gasteiger partial charge on any atom is -0.0622 e. The molecule has 0 saturated heterocycles. The van der Waals surface area contributed by atoms with Crippen LogP contribution in [-0.4, -0.2) is 0 Å². The lowest BCUT2D eigenvalue weighted by molar-refractivity contribution is 1.47. The molecular formula is C73H48. The van der Waals surface area contributed by atoms with Crippen molar-refractivity contribution in [1.29, 1.82) is 0 Å². The van der Waals surface area contributed by atoms with Crippen LogP contribution in [0, 0.1) is 20.8 Å². The number of hydrogen-bond acceptors (Lipinski definition) is 0. The van der Waals surface area contributed by atoms with Gasteiger partial charge in [0.25, 0.3) is 0 Å². The summed E-state index contributed by atoms with van der Waals surface area (Å²) in [6.07, 6.45) is 0. The summed E-state index contributed by atoms with van der Waals surface area (Å²) in [4.78, 5) is 0. The first-order valence-corrected chi connectivity index (χ1v) is 25.7. The van der Waals surface area contributed by atoms with Gasteiger partial charge >= 0.3 is 0 Å². The van der Waals surface area contributed by atoms with Crippen molar-refractivity contribution in [3.8, 4) is 111 Å². The van der Waals surface area contributed by atoms with Crippen LogP contribution >= 0.6 is 0 Å². The molecule has 0 amide bonds. The monoisotopic (exact) mass is 924 g/mol. The fourth-order valence-electron chi connectivity index (χ4n) is 13.3.